The quantitative estimate of drug-likeness (QED) is 0.0272. The van der Waals surface area contributed by atoms with Crippen molar-refractivity contribution < 1.29 is 32.9 Å². The molecule has 9 heteroatoms. The predicted octanol–water partition coefficient (Wildman–Crippen LogP) is 20.9. The standard InChI is InChI=1S/C68H135N2O6P/c1-6-8-10-12-14-16-18-20-22-23-24-25-26-27-28-29-30-31-32-33-34-35-36-37-38-39-40-41-42-43-44-45-46-47-48-50-52-54-56-58-60-62-68(72)69-66(65-76-77(73,74)75-64-63-70(3,4)5)67(71)61-59-57-55-53-51-49-21-19-17-15-13-11-9-7-2/h23-24,59,61,66-67,71H,6-22,25-58,60,62-65H2,1-5H3,(H-,69,72,73,74)/b24-23-,61-59+. The average Bonchev–Trinajstić information content (AvgIpc) is 3.39. The number of amides is 1. The van der Waals surface area contributed by atoms with Gasteiger partial charge in [-0.05, 0) is 44.9 Å². The number of quaternary nitrogens is 1. The van der Waals surface area contributed by atoms with Gasteiger partial charge < -0.3 is 28.8 Å². The number of allylic oxidation sites excluding steroid dienone is 3. The first-order chi connectivity index (χ1) is 37.5. The lowest BCUT2D eigenvalue weighted by molar-refractivity contribution is -0.870. The minimum atomic E-state index is -4.59. The fourth-order valence-electron chi connectivity index (χ4n) is 10.6. The third-order valence-electron chi connectivity index (χ3n) is 15.9. The fourth-order valence-corrected chi connectivity index (χ4v) is 11.3. The molecule has 458 valence electrons. The molecule has 0 spiro atoms. The van der Waals surface area contributed by atoms with Crippen molar-refractivity contribution in [2.45, 2.75) is 366 Å². The van der Waals surface area contributed by atoms with Gasteiger partial charge in [0.25, 0.3) is 7.82 Å². The summed E-state index contributed by atoms with van der Waals surface area (Å²) >= 11 is 0. The van der Waals surface area contributed by atoms with Crippen LogP contribution in [0.3, 0.4) is 0 Å². The summed E-state index contributed by atoms with van der Waals surface area (Å²) in [6, 6.07) is -0.883. The van der Waals surface area contributed by atoms with E-state index in [4.69, 9.17) is 9.05 Å². The van der Waals surface area contributed by atoms with E-state index in [0.717, 1.165) is 38.5 Å². The van der Waals surface area contributed by atoms with E-state index in [2.05, 4.69) is 31.3 Å². The molecule has 3 unspecified atom stereocenters. The molecule has 0 aliphatic rings. The molecule has 0 aliphatic carbocycles. The van der Waals surface area contributed by atoms with E-state index in [1.54, 1.807) is 6.08 Å². The number of hydrogen-bond acceptors (Lipinski definition) is 6. The van der Waals surface area contributed by atoms with Crippen molar-refractivity contribution in [3.8, 4) is 0 Å². The van der Waals surface area contributed by atoms with Crippen molar-refractivity contribution in [2.24, 2.45) is 0 Å². The van der Waals surface area contributed by atoms with Crippen molar-refractivity contribution in [1.29, 1.82) is 0 Å². The van der Waals surface area contributed by atoms with Crippen LogP contribution in [0.15, 0.2) is 24.3 Å². The van der Waals surface area contributed by atoms with Gasteiger partial charge in [0.2, 0.25) is 5.91 Å². The number of phosphoric ester groups is 1. The summed E-state index contributed by atoms with van der Waals surface area (Å²) in [5.41, 5.74) is 0. The second-order valence-electron chi connectivity index (χ2n) is 24.9. The maximum Gasteiger partial charge on any atom is 0.268 e. The van der Waals surface area contributed by atoms with Gasteiger partial charge in [0.1, 0.15) is 13.2 Å². The first kappa shape index (κ1) is 76.0. The Bertz CT molecular complexity index is 1300. The number of carbonyl (C=O) groups is 1. The number of phosphoric acid groups is 1. The highest BCUT2D eigenvalue weighted by Crippen LogP contribution is 2.38. The second-order valence-corrected chi connectivity index (χ2v) is 26.3. The van der Waals surface area contributed by atoms with E-state index in [-0.39, 0.29) is 19.1 Å². The second kappa shape index (κ2) is 59.6. The molecule has 0 heterocycles. The molecular formula is C68H135N2O6P. The summed E-state index contributed by atoms with van der Waals surface area (Å²) < 4.78 is 23.4. The number of hydrogen-bond donors (Lipinski definition) is 2. The van der Waals surface area contributed by atoms with Crippen LogP contribution in [0.25, 0.3) is 0 Å². The zero-order chi connectivity index (χ0) is 56.3. The Morgan fingerprint density at radius 2 is 0.714 bits per heavy atom. The number of aliphatic hydroxyl groups excluding tert-OH is 1. The summed E-state index contributed by atoms with van der Waals surface area (Å²) in [6.45, 7) is 4.69. The van der Waals surface area contributed by atoms with E-state index in [9.17, 15) is 19.4 Å². The van der Waals surface area contributed by atoms with Gasteiger partial charge in [-0.2, -0.15) is 0 Å². The molecule has 0 aliphatic heterocycles. The Labute approximate surface area is 481 Å². The monoisotopic (exact) mass is 1110 g/mol. The van der Waals surface area contributed by atoms with E-state index in [1.165, 1.54) is 295 Å². The molecule has 0 fully saturated rings. The minimum Gasteiger partial charge on any atom is -0.756 e. The van der Waals surface area contributed by atoms with Gasteiger partial charge in [-0.3, -0.25) is 9.36 Å². The molecule has 0 radical (unpaired) electrons. The van der Waals surface area contributed by atoms with Crippen molar-refractivity contribution in [1.82, 2.24) is 5.32 Å². The normalized spacial score (nSPS) is 13.8. The lowest BCUT2D eigenvalue weighted by atomic mass is 10.0. The summed E-state index contributed by atoms with van der Waals surface area (Å²) in [7, 11) is 1.28. The Kier molecular flexibility index (Phi) is 58.8. The van der Waals surface area contributed by atoms with Crippen LogP contribution in [0, 0.1) is 0 Å². The van der Waals surface area contributed by atoms with E-state index in [1.807, 2.05) is 27.2 Å². The van der Waals surface area contributed by atoms with Crippen LogP contribution in [0.4, 0.5) is 0 Å². The van der Waals surface area contributed by atoms with Crippen LogP contribution in [0.2, 0.25) is 0 Å². The van der Waals surface area contributed by atoms with E-state index in [0.29, 0.717) is 17.4 Å². The van der Waals surface area contributed by atoms with Crippen LogP contribution >= 0.6 is 7.82 Å². The van der Waals surface area contributed by atoms with Crippen LogP contribution in [-0.2, 0) is 18.4 Å². The van der Waals surface area contributed by atoms with Crippen molar-refractivity contribution >= 4 is 13.7 Å². The smallest absolute Gasteiger partial charge is 0.268 e. The molecule has 0 saturated carbocycles. The Morgan fingerprint density at radius 1 is 0.442 bits per heavy atom. The number of nitrogens with zero attached hydrogens (tertiary/aromatic N) is 1. The van der Waals surface area contributed by atoms with Crippen LogP contribution in [0.5, 0.6) is 0 Å². The minimum absolute atomic E-state index is 0.00198. The molecule has 0 rings (SSSR count). The molecular weight excluding hydrogens is 972 g/mol. The predicted molar refractivity (Wildman–Crippen MR) is 335 cm³/mol. The summed E-state index contributed by atoms with van der Waals surface area (Å²) in [5, 5.41) is 13.9. The topological polar surface area (TPSA) is 108 Å². The molecule has 8 nitrogen and oxygen atoms in total. The van der Waals surface area contributed by atoms with Gasteiger partial charge in [0, 0.05) is 6.42 Å². The molecule has 0 aromatic heterocycles. The highest BCUT2D eigenvalue weighted by Gasteiger charge is 2.23. The average molecular weight is 1110 g/mol. The first-order valence-corrected chi connectivity index (χ1v) is 35.7. The van der Waals surface area contributed by atoms with Gasteiger partial charge in [-0.1, -0.05) is 327 Å². The largest absolute Gasteiger partial charge is 0.756 e. The van der Waals surface area contributed by atoms with Crippen LogP contribution in [-0.4, -0.2) is 68.5 Å². The maximum atomic E-state index is 13.0. The number of nitrogens with one attached hydrogen (secondary N) is 1. The Hall–Kier alpha value is -1.02. The highest BCUT2D eigenvalue weighted by atomic mass is 31.2. The lowest BCUT2D eigenvalue weighted by Crippen LogP contribution is -2.45. The number of rotatable bonds is 64. The SMILES string of the molecule is CCCCCCCCCC/C=C\CCCCCCCCCCCCCCCCCCCCCCCCCCCCCCCC(=O)NC(COP(=O)([O-])OCC[N+](C)(C)C)C(O)/C=C/CCCCCCCCCCCCCC. The van der Waals surface area contributed by atoms with Gasteiger partial charge in [-0.15, -0.1) is 0 Å². The summed E-state index contributed by atoms with van der Waals surface area (Å²) in [4.78, 5) is 25.5. The molecule has 0 aromatic rings. The van der Waals surface area contributed by atoms with Gasteiger partial charge in [0.15, 0.2) is 0 Å². The number of aliphatic hydroxyl groups is 1. The lowest BCUT2D eigenvalue weighted by Gasteiger charge is -2.29. The summed E-state index contributed by atoms with van der Waals surface area (Å²) in [6.07, 6.45) is 77.5. The molecule has 0 bridgehead atoms. The third-order valence-corrected chi connectivity index (χ3v) is 16.9. The van der Waals surface area contributed by atoms with Crippen LogP contribution in [0.1, 0.15) is 354 Å². The molecule has 1 amide bonds. The fraction of sp³-hybridized carbons (Fsp3) is 0.926. The maximum absolute atomic E-state index is 13.0. The zero-order valence-corrected chi connectivity index (χ0v) is 53.3. The Morgan fingerprint density at radius 3 is 1.01 bits per heavy atom. The highest BCUT2D eigenvalue weighted by molar-refractivity contribution is 7.45. The van der Waals surface area contributed by atoms with Crippen LogP contribution < -0.4 is 10.2 Å². The first-order valence-electron chi connectivity index (χ1n) is 34.2. The zero-order valence-electron chi connectivity index (χ0n) is 52.4. The van der Waals surface area contributed by atoms with E-state index < -0.39 is 20.0 Å². The molecule has 0 saturated heterocycles. The number of carbonyl (C=O) groups excluding carboxylic acids is 1. The van der Waals surface area contributed by atoms with E-state index >= 15 is 0 Å². The van der Waals surface area contributed by atoms with Gasteiger partial charge >= 0.3 is 0 Å². The van der Waals surface area contributed by atoms with Gasteiger partial charge in [-0.25, -0.2) is 0 Å². The molecule has 0 aromatic carbocycles. The molecule has 2 N–H and O–H groups in total. The number of likely N-dealkylation sites (N-methyl/N-ethyl adjacent to an activating group) is 1. The molecule has 3 atom stereocenters. The number of unbranched alkanes of at least 4 members (excludes halogenated alkanes) is 49. The van der Waals surface area contributed by atoms with Crippen molar-refractivity contribution in [3.63, 3.8) is 0 Å². The Balaban J connectivity index is 3.82. The van der Waals surface area contributed by atoms with Crippen molar-refractivity contribution in [3.05, 3.63) is 24.3 Å². The third kappa shape index (κ3) is 62.4. The van der Waals surface area contributed by atoms with Crippen molar-refractivity contribution in [2.75, 3.05) is 40.9 Å². The summed E-state index contributed by atoms with van der Waals surface area (Å²) in [5.74, 6) is -0.190. The molecule has 77 heavy (non-hydrogen) atoms. The van der Waals surface area contributed by atoms with Gasteiger partial charge in [0.05, 0.1) is 39.9 Å².